The molecular formula is C23H33N5O4. The van der Waals surface area contributed by atoms with Gasteiger partial charge >= 0.3 is 0 Å². The van der Waals surface area contributed by atoms with E-state index in [1.54, 1.807) is 33.5 Å². The Morgan fingerprint density at radius 1 is 1.00 bits per heavy atom. The largest absolute Gasteiger partial charge is 0.493 e. The molecule has 1 saturated heterocycles. The molecule has 1 aliphatic rings. The highest BCUT2D eigenvalue weighted by Crippen LogP contribution is 2.39. The first-order valence-electron chi connectivity index (χ1n) is 10.8. The molecule has 3 rings (SSSR count). The lowest BCUT2D eigenvalue weighted by Crippen LogP contribution is -2.49. The van der Waals surface area contributed by atoms with E-state index in [9.17, 15) is 4.79 Å². The van der Waals surface area contributed by atoms with Crippen molar-refractivity contribution in [3.8, 4) is 17.2 Å². The Morgan fingerprint density at radius 2 is 1.62 bits per heavy atom. The number of piperazine rings is 1. The number of carbonyl (C=O) groups excluding carboxylic acids is 1. The summed E-state index contributed by atoms with van der Waals surface area (Å²) in [4.78, 5) is 26.3. The van der Waals surface area contributed by atoms with Crippen molar-refractivity contribution in [3.05, 3.63) is 29.7 Å². The monoisotopic (exact) mass is 443 g/mol. The first-order valence-corrected chi connectivity index (χ1v) is 10.8. The average Bonchev–Trinajstić information content (AvgIpc) is 2.78. The van der Waals surface area contributed by atoms with E-state index < -0.39 is 0 Å². The second-order valence-corrected chi connectivity index (χ2v) is 8.11. The number of ether oxygens (including phenoxy) is 3. The van der Waals surface area contributed by atoms with Gasteiger partial charge in [-0.15, -0.1) is 0 Å². The quantitative estimate of drug-likeness (QED) is 0.666. The lowest BCUT2D eigenvalue weighted by Gasteiger charge is -2.35. The number of aromatic nitrogens is 2. The molecule has 1 aromatic heterocycles. The fraction of sp³-hybridized carbons (Fsp3) is 0.522. The zero-order chi connectivity index (χ0) is 23.3. The number of aryl methyl sites for hydroxylation is 1. The van der Waals surface area contributed by atoms with Gasteiger partial charge in [0.25, 0.3) is 0 Å². The molecule has 2 aromatic rings. The van der Waals surface area contributed by atoms with E-state index in [2.05, 4.69) is 33.9 Å². The lowest BCUT2D eigenvalue weighted by atomic mass is 10.2. The maximum atomic E-state index is 12.7. The summed E-state index contributed by atoms with van der Waals surface area (Å²) in [5.74, 6) is 3.51. The van der Waals surface area contributed by atoms with Crippen molar-refractivity contribution < 1.29 is 19.0 Å². The predicted octanol–water partition coefficient (Wildman–Crippen LogP) is 2.69. The molecule has 0 unspecified atom stereocenters. The minimum Gasteiger partial charge on any atom is -0.493 e. The van der Waals surface area contributed by atoms with Crippen molar-refractivity contribution in [2.24, 2.45) is 0 Å². The van der Waals surface area contributed by atoms with E-state index in [0.717, 1.165) is 43.5 Å². The lowest BCUT2D eigenvalue weighted by molar-refractivity contribution is -0.117. The van der Waals surface area contributed by atoms with E-state index in [0.29, 0.717) is 29.5 Å². The van der Waals surface area contributed by atoms with Gasteiger partial charge in [0.15, 0.2) is 11.5 Å². The van der Waals surface area contributed by atoms with Gasteiger partial charge in [0.1, 0.15) is 11.6 Å². The van der Waals surface area contributed by atoms with Crippen LogP contribution >= 0.6 is 0 Å². The second-order valence-electron chi connectivity index (χ2n) is 8.11. The number of nitrogens with one attached hydrogen (secondary N) is 1. The predicted molar refractivity (Wildman–Crippen MR) is 124 cm³/mol. The Balaban J connectivity index is 1.58. The van der Waals surface area contributed by atoms with Gasteiger partial charge in [-0.3, -0.25) is 9.69 Å². The number of amides is 1. The maximum Gasteiger partial charge on any atom is 0.238 e. The molecule has 0 spiro atoms. The molecule has 0 aliphatic carbocycles. The minimum atomic E-state index is -0.0901. The van der Waals surface area contributed by atoms with E-state index in [1.165, 1.54) is 0 Å². The van der Waals surface area contributed by atoms with E-state index in [4.69, 9.17) is 19.2 Å². The van der Waals surface area contributed by atoms with E-state index >= 15 is 0 Å². The van der Waals surface area contributed by atoms with Crippen molar-refractivity contribution in [1.82, 2.24) is 14.9 Å². The minimum absolute atomic E-state index is 0.0901. The van der Waals surface area contributed by atoms with Crippen molar-refractivity contribution in [3.63, 3.8) is 0 Å². The number of nitrogens with zero attached hydrogens (tertiary/aromatic N) is 4. The van der Waals surface area contributed by atoms with Crippen molar-refractivity contribution in [1.29, 1.82) is 0 Å². The van der Waals surface area contributed by atoms with Crippen LogP contribution in [0, 0.1) is 6.92 Å². The Labute approximate surface area is 189 Å². The topological polar surface area (TPSA) is 89.1 Å². The number of carbonyl (C=O) groups is 1. The summed E-state index contributed by atoms with van der Waals surface area (Å²) in [7, 11) is 4.64. The Hall–Kier alpha value is -3.07. The summed E-state index contributed by atoms with van der Waals surface area (Å²) < 4.78 is 16.0. The molecule has 1 N–H and O–H groups in total. The van der Waals surface area contributed by atoms with Gasteiger partial charge in [-0.2, -0.15) is 0 Å². The highest BCUT2D eigenvalue weighted by Gasteiger charge is 2.22. The highest BCUT2D eigenvalue weighted by molar-refractivity contribution is 5.93. The van der Waals surface area contributed by atoms with Crippen LogP contribution in [0.2, 0.25) is 0 Å². The third-order valence-electron chi connectivity index (χ3n) is 5.39. The van der Waals surface area contributed by atoms with Gasteiger partial charge in [0, 0.05) is 61.7 Å². The zero-order valence-corrected chi connectivity index (χ0v) is 19.8. The van der Waals surface area contributed by atoms with Crippen LogP contribution < -0.4 is 24.4 Å². The highest BCUT2D eigenvalue weighted by atomic mass is 16.5. The summed E-state index contributed by atoms with van der Waals surface area (Å²) in [6.07, 6.45) is 0. The van der Waals surface area contributed by atoms with Crippen LogP contribution in [0.15, 0.2) is 18.2 Å². The van der Waals surface area contributed by atoms with Crippen LogP contribution in [-0.2, 0) is 4.79 Å². The molecule has 0 saturated carbocycles. The molecule has 32 heavy (non-hydrogen) atoms. The number of anilines is 2. The summed E-state index contributed by atoms with van der Waals surface area (Å²) in [5.41, 5.74) is 1.58. The number of rotatable bonds is 8. The number of benzene rings is 1. The van der Waals surface area contributed by atoms with E-state index in [1.807, 2.05) is 13.0 Å². The Morgan fingerprint density at radius 3 is 2.16 bits per heavy atom. The third-order valence-corrected chi connectivity index (χ3v) is 5.39. The van der Waals surface area contributed by atoms with Gasteiger partial charge in [0.2, 0.25) is 11.7 Å². The molecule has 0 atom stereocenters. The fourth-order valence-electron chi connectivity index (χ4n) is 3.69. The standard InChI is InChI=1S/C23H33N5O4/c1-15(2)23-24-16(3)11-20(26-23)28-9-7-27(8-10-28)14-21(29)25-17-12-18(30-4)22(32-6)19(13-17)31-5/h11-13,15H,7-10,14H2,1-6H3,(H,25,29). The molecular weight excluding hydrogens is 410 g/mol. The third kappa shape index (κ3) is 5.59. The van der Waals surface area contributed by atoms with Crippen molar-refractivity contribution in [2.75, 3.05) is 64.3 Å². The molecule has 9 nitrogen and oxygen atoms in total. The maximum absolute atomic E-state index is 12.7. The number of methoxy groups -OCH3 is 3. The summed E-state index contributed by atoms with van der Waals surface area (Å²) in [6.45, 7) is 9.69. The van der Waals surface area contributed by atoms with Crippen molar-refractivity contribution >= 4 is 17.4 Å². The zero-order valence-electron chi connectivity index (χ0n) is 19.8. The molecule has 0 bridgehead atoms. The van der Waals surface area contributed by atoms with Crippen LogP contribution in [0.5, 0.6) is 17.2 Å². The van der Waals surface area contributed by atoms with Crippen LogP contribution in [0.3, 0.4) is 0 Å². The summed E-state index contributed by atoms with van der Waals surface area (Å²) in [5, 5.41) is 2.93. The van der Waals surface area contributed by atoms with E-state index in [-0.39, 0.29) is 11.8 Å². The van der Waals surface area contributed by atoms with Crippen LogP contribution in [0.1, 0.15) is 31.3 Å². The van der Waals surface area contributed by atoms with Crippen LogP contribution in [0.4, 0.5) is 11.5 Å². The van der Waals surface area contributed by atoms with Gasteiger partial charge in [0.05, 0.1) is 27.9 Å². The normalized spacial score (nSPS) is 14.4. The molecule has 1 aliphatic heterocycles. The van der Waals surface area contributed by atoms with Gasteiger partial charge < -0.3 is 24.4 Å². The fourth-order valence-corrected chi connectivity index (χ4v) is 3.69. The van der Waals surface area contributed by atoms with Gasteiger partial charge in [-0.25, -0.2) is 9.97 Å². The molecule has 1 aromatic carbocycles. The molecule has 174 valence electrons. The second kappa shape index (κ2) is 10.5. The molecule has 1 amide bonds. The first-order chi connectivity index (χ1) is 15.3. The Kier molecular flexibility index (Phi) is 7.74. The molecule has 2 heterocycles. The van der Waals surface area contributed by atoms with Gasteiger partial charge in [-0.05, 0) is 6.92 Å². The number of hydrogen-bond acceptors (Lipinski definition) is 8. The van der Waals surface area contributed by atoms with Gasteiger partial charge in [-0.1, -0.05) is 13.8 Å². The number of hydrogen-bond donors (Lipinski definition) is 1. The smallest absolute Gasteiger partial charge is 0.238 e. The summed E-state index contributed by atoms with van der Waals surface area (Å²) in [6, 6.07) is 5.47. The van der Waals surface area contributed by atoms with Crippen molar-refractivity contribution in [2.45, 2.75) is 26.7 Å². The first kappa shape index (κ1) is 23.6. The molecule has 0 radical (unpaired) electrons. The SMILES string of the molecule is COc1cc(NC(=O)CN2CCN(c3cc(C)nc(C(C)C)n3)CC2)cc(OC)c1OC. The Bertz CT molecular complexity index is 917. The molecule has 1 fully saturated rings. The summed E-state index contributed by atoms with van der Waals surface area (Å²) >= 11 is 0. The average molecular weight is 444 g/mol. The molecule has 9 heteroatoms. The van der Waals surface area contributed by atoms with Crippen LogP contribution in [-0.4, -0.2) is 74.8 Å². The van der Waals surface area contributed by atoms with Crippen LogP contribution in [0.25, 0.3) is 0 Å².